The molecule has 244 valence electrons. The van der Waals surface area contributed by atoms with Crippen molar-refractivity contribution in [2.75, 3.05) is 33.4 Å². The summed E-state index contributed by atoms with van der Waals surface area (Å²) >= 11 is 1.43. The second-order valence-corrected chi connectivity index (χ2v) is 12.5. The van der Waals surface area contributed by atoms with Crippen molar-refractivity contribution in [3.63, 3.8) is 0 Å². The lowest BCUT2D eigenvalue weighted by Gasteiger charge is -2.25. The van der Waals surface area contributed by atoms with E-state index in [1.54, 1.807) is 30.8 Å². The number of carbonyl (C=O) groups excluding carboxylic acids is 3. The maximum Gasteiger partial charge on any atom is 0.254 e. The zero-order valence-corrected chi connectivity index (χ0v) is 27.1. The molecular weight excluding hydrogens is 618 g/mol. The number of nitrogens with zero attached hydrogens (tertiary/aromatic N) is 2. The first-order valence-corrected chi connectivity index (χ1v) is 16.4. The van der Waals surface area contributed by atoms with E-state index in [-0.39, 0.29) is 32.1 Å². The number of hydrogen-bond acceptors (Lipinski definition) is 8. The Hall–Kier alpha value is -4.94. The molecule has 1 aliphatic heterocycles. The van der Waals surface area contributed by atoms with Crippen LogP contribution in [-0.4, -0.2) is 83.2 Å². The summed E-state index contributed by atoms with van der Waals surface area (Å²) in [4.78, 5) is 49.5. The molecule has 0 radical (unpaired) electrons. The molecule has 6 rings (SSSR count). The Morgan fingerprint density at radius 3 is 2.83 bits per heavy atom. The average molecular weight is 656 g/mol. The van der Waals surface area contributed by atoms with Crippen LogP contribution in [0.1, 0.15) is 40.5 Å². The second-order valence-electron chi connectivity index (χ2n) is 11.6. The van der Waals surface area contributed by atoms with Crippen molar-refractivity contribution in [3.8, 4) is 11.5 Å². The lowest BCUT2D eigenvalue weighted by Crippen LogP contribution is -2.55. The lowest BCUT2D eigenvalue weighted by atomic mass is 10.0. The molecule has 0 unspecified atom stereocenters. The highest BCUT2D eigenvalue weighted by Gasteiger charge is 2.28. The summed E-state index contributed by atoms with van der Waals surface area (Å²) in [5, 5.41) is 17.1. The number of nitrogens with one attached hydrogen (secondary N) is 3. The zero-order valence-electron chi connectivity index (χ0n) is 26.2. The number of aliphatic hydroxyl groups excluding tert-OH is 1. The maximum atomic E-state index is 13.7. The quantitative estimate of drug-likeness (QED) is 0.231. The van der Waals surface area contributed by atoms with Crippen LogP contribution in [0.15, 0.2) is 66.2 Å². The molecule has 11 nitrogen and oxygen atoms in total. The second kappa shape index (κ2) is 14.2. The van der Waals surface area contributed by atoms with Crippen LogP contribution in [0.4, 0.5) is 0 Å². The molecule has 0 saturated heterocycles. The molecular formula is C35H37N5O6S. The highest BCUT2D eigenvalue weighted by Crippen LogP contribution is 2.31. The van der Waals surface area contributed by atoms with Crippen molar-refractivity contribution < 1.29 is 29.0 Å². The SMILES string of the molecule is COc1ccc2cc1OCCCN(C(=O)c1ccc3ncsc3c1)CC(=O)N[C@@H]([C@@H](C)O)C(=O)NCCc1c([nH]c3ccccc13)C2. The Morgan fingerprint density at radius 2 is 2.00 bits per heavy atom. The smallest absolute Gasteiger partial charge is 0.254 e. The van der Waals surface area contributed by atoms with Gasteiger partial charge >= 0.3 is 0 Å². The molecule has 2 aromatic heterocycles. The number of hydrogen-bond donors (Lipinski definition) is 4. The number of benzene rings is 3. The van der Waals surface area contributed by atoms with Crippen molar-refractivity contribution >= 4 is 50.2 Å². The highest BCUT2D eigenvalue weighted by molar-refractivity contribution is 7.16. The van der Waals surface area contributed by atoms with E-state index in [4.69, 9.17) is 9.47 Å². The van der Waals surface area contributed by atoms with Gasteiger partial charge in [-0.3, -0.25) is 14.4 Å². The van der Waals surface area contributed by atoms with E-state index >= 15 is 0 Å². The number of para-hydroxylation sites is 1. The molecule has 3 heterocycles. The number of thiazole rings is 1. The Morgan fingerprint density at radius 1 is 1.15 bits per heavy atom. The fraction of sp³-hybridized carbons (Fsp3) is 0.314. The van der Waals surface area contributed by atoms with E-state index in [0.717, 1.165) is 37.9 Å². The summed E-state index contributed by atoms with van der Waals surface area (Å²) in [5.41, 5.74) is 7.01. The average Bonchev–Trinajstić information content (AvgIpc) is 3.68. The number of aromatic amines is 1. The van der Waals surface area contributed by atoms with Crippen LogP contribution in [0, 0.1) is 0 Å². The molecule has 3 amide bonds. The molecule has 0 spiro atoms. The third-order valence-corrected chi connectivity index (χ3v) is 9.09. The maximum absolute atomic E-state index is 13.7. The van der Waals surface area contributed by atoms with Crippen molar-refractivity contribution in [3.05, 3.63) is 88.6 Å². The molecule has 5 aromatic rings. The Bertz CT molecular complexity index is 1920. The number of aliphatic hydroxyl groups is 1. The number of rotatable bonds is 3. The van der Waals surface area contributed by atoms with Gasteiger partial charge in [0.05, 0.1) is 42.1 Å². The van der Waals surface area contributed by atoms with Crippen LogP contribution in [0.3, 0.4) is 0 Å². The molecule has 2 bridgehead atoms. The molecule has 1 aliphatic rings. The van der Waals surface area contributed by atoms with Gasteiger partial charge < -0.3 is 35.1 Å². The van der Waals surface area contributed by atoms with Gasteiger partial charge in [0.25, 0.3) is 5.91 Å². The monoisotopic (exact) mass is 655 g/mol. The summed E-state index contributed by atoms with van der Waals surface area (Å²) in [6.45, 7) is 1.89. The Balaban J connectivity index is 1.30. The molecule has 2 atom stereocenters. The van der Waals surface area contributed by atoms with Gasteiger partial charge in [-0.15, -0.1) is 11.3 Å². The fourth-order valence-electron chi connectivity index (χ4n) is 5.92. The molecule has 4 N–H and O–H groups in total. The van der Waals surface area contributed by atoms with Crippen LogP contribution in [-0.2, 0) is 22.4 Å². The number of methoxy groups -OCH3 is 1. The Labute approximate surface area is 275 Å². The standard InChI is InChI=1S/C35H37N5O6S/c1-21(41)33-34(43)36-13-12-25-24-6-3-4-7-26(24)38-28(25)16-22-8-11-29(45-2)30(17-22)46-15-5-14-40(19-32(42)39-33)35(44)23-9-10-27-31(18-23)47-20-37-27/h3-4,6-11,17-18,20-21,33,38,41H,5,12-16,19H2,1-2H3,(H,36,43)(H,39,42)/t21-,33+/m1/s1. The predicted octanol–water partition coefficient (Wildman–Crippen LogP) is 3.83. The van der Waals surface area contributed by atoms with Crippen LogP contribution >= 0.6 is 11.3 Å². The third-order valence-electron chi connectivity index (χ3n) is 8.30. The van der Waals surface area contributed by atoms with Gasteiger partial charge in [-0.25, -0.2) is 4.98 Å². The first-order chi connectivity index (χ1) is 22.8. The topological polar surface area (TPSA) is 146 Å². The number of aromatic nitrogens is 2. The van der Waals surface area contributed by atoms with Crippen molar-refractivity contribution in [2.24, 2.45) is 0 Å². The van der Waals surface area contributed by atoms with Gasteiger partial charge in [0, 0.05) is 41.7 Å². The van der Waals surface area contributed by atoms with Gasteiger partial charge in [-0.05, 0) is 67.3 Å². The highest BCUT2D eigenvalue weighted by atomic mass is 32.1. The number of amides is 3. The van der Waals surface area contributed by atoms with E-state index in [2.05, 4.69) is 20.6 Å². The Kier molecular flexibility index (Phi) is 9.69. The van der Waals surface area contributed by atoms with Crippen LogP contribution in [0.5, 0.6) is 11.5 Å². The van der Waals surface area contributed by atoms with Gasteiger partial charge in [0.2, 0.25) is 11.8 Å². The van der Waals surface area contributed by atoms with E-state index in [9.17, 15) is 19.5 Å². The minimum atomic E-state index is -1.20. The number of ether oxygens (including phenoxy) is 2. The van der Waals surface area contributed by atoms with Gasteiger partial charge in [-0.1, -0.05) is 24.3 Å². The number of H-pyrrole nitrogens is 1. The first-order valence-electron chi connectivity index (χ1n) is 15.6. The predicted molar refractivity (Wildman–Crippen MR) is 180 cm³/mol. The minimum Gasteiger partial charge on any atom is -0.493 e. The summed E-state index contributed by atoms with van der Waals surface area (Å²) in [7, 11) is 1.59. The van der Waals surface area contributed by atoms with Crippen molar-refractivity contribution in [1.82, 2.24) is 25.5 Å². The normalized spacial score (nSPS) is 17.4. The largest absolute Gasteiger partial charge is 0.493 e. The first kappa shape index (κ1) is 32.0. The molecule has 0 saturated carbocycles. The lowest BCUT2D eigenvalue weighted by molar-refractivity contribution is -0.131. The minimum absolute atomic E-state index is 0.207. The number of fused-ring (bicyclic) bond motifs is 6. The summed E-state index contributed by atoms with van der Waals surface area (Å²) in [6, 6.07) is 17.9. The van der Waals surface area contributed by atoms with Gasteiger partial charge in [0.15, 0.2) is 11.5 Å². The summed E-state index contributed by atoms with van der Waals surface area (Å²) in [5.74, 6) is -0.237. The molecule has 12 heteroatoms. The molecule has 3 aromatic carbocycles. The number of carbonyl (C=O) groups is 3. The zero-order chi connectivity index (χ0) is 32.9. The van der Waals surface area contributed by atoms with Crippen molar-refractivity contribution in [1.29, 1.82) is 0 Å². The van der Waals surface area contributed by atoms with Crippen LogP contribution < -0.4 is 20.1 Å². The van der Waals surface area contributed by atoms with Gasteiger partial charge in [-0.2, -0.15) is 0 Å². The van der Waals surface area contributed by atoms with E-state index in [1.165, 1.54) is 23.2 Å². The van der Waals surface area contributed by atoms with Crippen molar-refractivity contribution in [2.45, 2.75) is 38.3 Å². The van der Waals surface area contributed by atoms with E-state index in [0.29, 0.717) is 36.3 Å². The third kappa shape index (κ3) is 7.23. The van der Waals surface area contributed by atoms with E-state index < -0.39 is 24.0 Å². The molecule has 47 heavy (non-hydrogen) atoms. The summed E-state index contributed by atoms with van der Waals surface area (Å²) in [6.07, 6.45) is 0.375. The van der Waals surface area contributed by atoms with Crippen LogP contribution in [0.2, 0.25) is 0 Å². The van der Waals surface area contributed by atoms with Crippen LogP contribution in [0.25, 0.3) is 21.1 Å². The van der Waals surface area contributed by atoms with E-state index in [1.807, 2.05) is 42.5 Å². The molecule has 0 aliphatic carbocycles. The fourth-order valence-corrected chi connectivity index (χ4v) is 6.64. The van der Waals surface area contributed by atoms with Gasteiger partial charge in [0.1, 0.15) is 6.04 Å². The molecule has 0 fully saturated rings. The summed E-state index contributed by atoms with van der Waals surface area (Å²) < 4.78 is 12.6.